The number of aryl methyl sites for hydroxylation is 1. The van der Waals surface area contributed by atoms with Crippen LogP contribution in [0.15, 0.2) is 47.1 Å². The number of para-hydroxylation sites is 1. The summed E-state index contributed by atoms with van der Waals surface area (Å²) in [7, 11) is 0. The molecule has 1 aromatic carbocycles. The van der Waals surface area contributed by atoms with Gasteiger partial charge in [-0.3, -0.25) is 0 Å². The zero-order valence-corrected chi connectivity index (χ0v) is 11.0. The molecule has 1 unspecified atom stereocenters. The Balaban J connectivity index is 1.46. The van der Waals surface area contributed by atoms with Crippen LogP contribution in [0.4, 0.5) is 0 Å². The SMILES string of the molecule is c1ccc(OCCNC2CCCc3occc32)cc1. The Bertz CT molecular complexity index is 506. The monoisotopic (exact) mass is 257 g/mol. The van der Waals surface area contributed by atoms with Gasteiger partial charge < -0.3 is 14.5 Å². The Morgan fingerprint density at radius 3 is 3.00 bits per heavy atom. The normalized spacial score (nSPS) is 18.0. The molecule has 1 aromatic heterocycles. The van der Waals surface area contributed by atoms with Gasteiger partial charge in [0, 0.05) is 24.6 Å². The van der Waals surface area contributed by atoms with Crippen molar-refractivity contribution in [2.24, 2.45) is 0 Å². The minimum atomic E-state index is 0.418. The summed E-state index contributed by atoms with van der Waals surface area (Å²) < 4.78 is 11.2. The van der Waals surface area contributed by atoms with E-state index in [2.05, 4.69) is 11.4 Å². The average molecular weight is 257 g/mol. The first-order valence-corrected chi connectivity index (χ1v) is 6.91. The third-order valence-electron chi connectivity index (χ3n) is 3.56. The third-order valence-corrected chi connectivity index (χ3v) is 3.56. The molecule has 0 amide bonds. The number of ether oxygens (including phenoxy) is 1. The summed E-state index contributed by atoms with van der Waals surface area (Å²) in [5.41, 5.74) is 1.32. The minimum Gasteiger partial charge on any atom is -0.492 e. The molecule has 0 spiro atoms. The van der Waals surface area contributed by atoms with E-state index in [-0.39, 0.29) is 0 Å². The van der Waals surface area contributed by atoms with E-state index in [1.165, 1.54) is 18.4 Å². The fraction of sp³-hybridized carbons (Fsp3) is 0.375. The molecule has 1 aliphatic rings. The Labute approximate surface area is 113 Å². The predicted octanol–water partition coefficient (Wildman–Crippen LogP) is 3.33. The average Bonchev–Trinajstić information content (AvgIpc) is 2.94. The van der Waals surface area contributed by atoms with Gasteiger partial charge in [-0.2, -0.15) is 0 Å². The van der Waals surface area contributed by atoms with Crippen molar-refractivity contribution in [2.75, 3.05) is 13.2 Å². The molecular formula is C16H19NO2. The van der Waals surface area contributed by atoms with E-state index in [4.69, 9.17) is 9.15 Å². The molecule has 1 aliphatic carbocycles. The molecule has 0 saturated carbocycles. The number of hydrogen-bond acceptors (Lipinski definition) is 3. The number of hydrogen-bond donors (Lipinski definition) is 1. The standard InChI is InChI=1S/C16H19NO2/c1-2-5-13(6-3-1)18-12-10-17-15-7-4-8-16-14(15)9-11-19-16/h1-3,5-6,9,11,15,17H,4,7-8,10,12H2. The summed E-state index contributed by atoms with van der Waals surface area (Å²) in [5, 5.41) is 3.55. The topological polar surface area (TPSA) is 34.4 Å². The quantitative estimate of drug-likeness (QED) is 0.834. The van der Waals surface area contributed by atoms with Gasteiger partial charge in [-0.15, -0.1) is 0 Å². The zero-order valence-electron chi connectivity index (χ0n) is 11.0. The van der Waals surface area contributed by atoms with Crippen LogP contribution < -0.4 is 10.1 Å². The molecule has 19 heavy (non-hydrogen) atoms. The summed E-state index contributed by atoms with van der Waals surface area (Å²) in [5.74, 6) is 2.07. The number of furan rings is 1. The highest BCUT2D eigenvalue weighted by Crippen LogP contribution is 2.30. The molecule has 0 fully saturated rings. The maximum Gasteiger partial charge on any atom is 0.119 e. The second-order valence-corrected chi connectivity index (χ2v) is 4.86. The van der Waals surface area contributed by atoms with Crippen LogP contribution in [0.5, 0.6) is 5.75 Å². The second kappa shape index (κ2) is 5.93. The van der Waals surface area contributed by atoms with Crippen LogP contribution in [0, 0.1) is 0 Å². The highest BCUT2D eigenvalue weighted by Gasteiger charge is 2.21. The maximum absolute atomic E-state index is 5.68. The smallest absolute Gasteiger partial charge is 0.119 e. The van der Waals surface area contributed by atoms with Crippen molar-refractivity contribution in [3.63, 3.8) is 0 Å². The minimum absolute atomic E-state index is 0.418. The van der Waals surface area contributed by atoms with Gasteiger partial charge in [0.15, 0.2) is 0 Å². The van der Waals surface area contributed by atoms with Crippen LogP contribution in [0.1, 0.15) is 30.2 Å². The van der Waals surface area contributed by atoms with Crippen LogP contribution in [0.2, 0.25) is 0 Å². The van der Waals surface area contributed by atoms with Crippen molar-refractivity contribution in [1.82, 2.24) is 5.32 Å². The van der Waals surface area contributed by atoms with Crippen LogP contribution in [0.3, 0.4) is 0 Å². The van der Waals surface area contributed by atoms with Crippen molar-refractivity contribution in [1.29, 1.82) is 0 Å². The molecule has 100 valence electrons. The molecule has 3 rings (SSSR count). The lowest BCUT2D eigenvalue weighted by molar-refractivity contribution is 0.298. The largest absolute Gasteiger partial charge is 0.492 e. The van der Waals surface area contributed by atoms with E-state index in [1.807, 2.05) is 30.3 Å². The molecule has 1 N–H and O–H groups in total. The summed E-state index contributed by atoms with van der Waals surface area (Å²) in [6, 6.07) is 12.4. The van der Waals surface area contributed by atoms with Gasteiger partial charge in [0.2, 0.25) is 0 Å². The van der Waals surface area contributed by atoms with E-state index < -0.39 is 0 Å². The van der Waals surface area contributed by atoms with Crippen LogP contribution >= 0.6 is 0 Å². The summed E-state index contributed by atoms with van der Waals surface area (Å²) in [6.45, 7) is 1.54. The first-order chi connectivity index (χ1) is 9.43. The Morgan fingerprint density at radius 2 is 2.11 bits per heavy atom. The zero-order chi connectivity index (χ0) is 12.9. The molecule has 0 bridgehead atoms. The van der Waals surface area contributed by atoms with Crippen molar-refractivity contribution < 1.29 is 9.15 Å². The highest BCUT2D eigenvalue weighted by molar-refractivity contribution is 5.24. The van der Waals surface area contributed by atoms with Gasteiger partial charge in [0.25, 0.3) is 0 Å². The Hall–Kier alpha value is -1.74. The molecule has 3 nitrogen and oxygen atoms in total. The molecule has 1 atom stereocenters. The van der Waals surface area contributed by atoms with Gasteiger partial charge in [-0.05, 0) is 31.0 Å². The van der Waals surface area contributed by atoms with E-state index in [0.29, 0.717) is 12.6 Å². The number of rotatable bonds is 5. The molecule has 0 aliphatic heterocycles. The van der Waals surface area contributed by atoms with Crippen molar-refractivity contribution >= 4 is 0 Å². The lowest BCUT2D eigenvalue weighted by atomic mass is 9.93. The molecule has 0 saturated heterocycles. The lowest BCUT2D eigenvalue weighted by Crippen LogP contribution is -2.28. The fourth-order valence-electron chi connectivity index (χ4n) is 2.62. The second-order valence-electron chi connectivity index (χ2n) is 4.86. The molecule has 1 heterocycles. The third kappa shape index (κ3) is 2.99. The Morgan fingerprint density at radius 1 is 1.21 bits per heavy atom. The van der Waals surface area contributed by atoms with Crippen LogP contribution in [-0.2, 0) is 6.42 Å². The van der Waals surface area contributed by atoms with Crippen molar-refractivity contribution in [3.05, 3.63) is 54.0 Å². The van der Waals surface area contributed by atoms with Crippen molar-refractivity contribution in [2.45, 2.75) is 25.3 Å². The van der Waals surface area contributed by atoms with Gasteiger partial charge in [0.1, 0.15) is 18.1 Å². The molecule has 2 aromatic rings. The van der Waals surface area contributed by atoms with E-state index >= 15 is 0 Å². The van der Waals surface area contributed by atoms with Crippen LogP contribution in [0.25, 0.3) is 0 Å². The van der Waals surface area contributed by atoms with Crippen molar-refractivity contribution in [3.8, 4) is 5.75 Å². The van der Waals surface area contributed by atoms with E-state index in [9.17, 15) is 0 Å². The first kappa shape index (κ1) is 12.3. The lowest BCUT2D eigenvalue weighted by Gasteiger charge is -2.22. The maximum atomic E-state index is 5.68. The predicted molar refractivity (Wildman–Crippen MR) is 74.3 cm³/mol. The number of fused-ring (bicyclic) bond motifs is 1. The van der Waals surface area contributed by atoms with E-state index in [1.54, 1.807) is 6.26 Å². The molecule has 3 heteroatoms. The Kier molecular flexibility index (Phi) is 3.84. The van der Waals surface area contributed by atoms with E-state index in [0.717, 1.165) is 24.5 Å². The number of benzene rings is 1. The molecule has 0 radical (unpaired) electrons. The van der Waals surface area contributed by atoms with Gasteiger partial charge >= 0.3 is 0 Å². The highest BCUT2D eigenvalue weighted by atomic mass is 16.5. The molecular weight excluding hydrogens is 238 g/mol. The first-order valence-electron chi connectivity index (χ1n) is 6.91. The summed E-state index contributed by atoms with van der Waals surface area (Å²) in [6.07, 6.45) is 5.24. The fourth-order valence-corrected chi connectivity index (χ4v) is 2.62. The van der Waals surface area contributed by atoms with Gasteiger partial charge in [-0.25, -0.2) is 0 Å². The van der Waals surface area contributed by atoms with Gasteiger partial charge in [-0.1, -0.05) is 18.2 Å². The summed E-state index contributed by atoms with van der Waals surface area (Å²) in [4.78, 5) is 0. The van der Waals surface area contributed by atoms with Crippen LogP contribution in [-0.4, -0.2) is 13.2 Å². The number of nitrogens with one attached hydrogen (secondary N) is 1. The van der Waals surface area contributed by atoms with Gasteiger partial charge in [0.05, 0.1) is 6.26 Å². The summed E-state index contributed by atoms with van der Waals surface area (Å²) >= 11 is 0.